The van der Waals surface area contributed by atoms with Gasteiger partial charge >= 0.3 is 5.97 Å². The highest BCUT2D eigenvalue weighted by molar-refractivity contribution is 5.72. The molecule has 0 fully saturated rings. The smallest absolute Gasteiger partial charge is 0.311 e. The highest BCUT2D eigenvalue weighted by Crippen LogP contribution is 2.13. The molecule has 0 bridgehead atoms. The third-order valence-electron chi connectivity index (χ3n) is 3.19. The van der Waals surface area contributed by atoms with E-state index in [1.165, 1.54) is 11.3 Å². The van der Waals surface area contributed by atoms with Crippen molar-refractivity contribution in [2.45, 2.75) is 19.8 Å². The molecule has 0 saturated carbocycles. The molecule has 19 heavy (non-hydrogen) atoms. The topological polar surface area (TPSA) is 31.2 Å². The van der Waals surface area contributed by atoms with Crippen molar-refractivity contribution in [3.8, 4) is 0 Å². The molecule has 3 heteroatoms. The second kappa shape index (κ2) is 6.23. The van der Waals surface area contributed by atoms with Crippen LogP contribution in [0.5, 0.6) is 0 Å². The normalized spacial score (nSPS) is 10.4. The molecule has 0 aliphatic rings. The van der Waals surface area contributed by atoms with Gasteiger partial charge in [0.05, 0.1) is 13.0 Å². The zero-order chi connectivity index (χ0) is 13.7. The summed E-state index contributed by atoms with van der Waals surface area (Å²) in [5.41, 5.74) is 3.46. The summed E-state index contributed by atoms with van der Waals surface area (Å²) in [4.78, 5) is 11.5. The number of carbonyl (C=O) groups is 1. The minimum absolute atomic E-state index is 0.171. The second-order valence-electron chi connectivity index (χ2n) is 4.52. The number of nitrogens with zero attached hydrogens (tertiary/aromatic N) is 1. The van der Waals surface area contributed by atoms with Crippen molar-refractivity contribution in [3.63, 3.8) is 0 Å². The zero-order valence-electron chi connectivity index (χ0n) is 11.4. The lowest BCUT2D eigenvalue weighted by Crippen LogP contribution is -2.11. The molecule has 0 saturated heterocycles. The Morgan fingerprint density at radius 3 is 2.47 bits per heavy atom. The van der Waals surface area contributed by atoms with Crippen molar-refractivity contribution < 1.29 is 9.53 Å². The van der Waals surface area contributed by atoms with Crippen LogP contribution in [-0.4, -0.2) is 17.1 Å². The van der Waals surface area contributed by atoms with E-state index in [-0.39, 0.29) is 5.97 Å². The first-order valence-electron chi connectivity index (χ1n) is 6.53. The number of aromatic nitrogens is 1. The van der Waals surface area contributed by atoms with E-state index in [0.717, 1.165) is 12.1 Å². The van der Waals surface area contributed by atoms with Gasteiger partial charge < -0.3 is 9.30 Å². The predicted molar refractivity (Wildman–Crippen MR) is 75.0 cm³/mol. The number of carbonyl (C=O) groups excluding carboxylic acids is 1. The molecular formula is C16H19NO2. The summed E-state index contributed by atoms with van der Waals surface area (Å²) in [6.45, 7) is 2.25. The lowest BCUT2D eigenvalue weighted by atomic mass is 10.1. The third-order valence-corrected chi connectivity index (χ3v) is 3.19. The molecule has 1 heterocycles. The van der Waals surface area contributed by atoms with E-state index in [2.05, 4.69) is 22.8 Å². The third kappa shape index (κ3) is 3.47. The lowest BCUT2D eigenvalue weighted by Gasteiger charge is -2.08. The predicted octanol–water partition coefficient (Wildman–Crippen LogP) is 2.72. The first-order valence-corrected chi connectivity index (χ1v) is 6.53. The molecule has 0 aliphatic carbocycles. The fourth-order valence-corrected chi connectivity index (χ4v) is 2.12. The van der Waals surface area contributed by atoms with Gasteiger partial charge in [-0.1, -0.05) is 30.3 Å². The molecule has 0 spiro atoms. The van der Waals surface area contributed by atoms with Crippen molar-refractivity contribution in [3.05, 3.63) is 59.4 Å². The SMILES string of the molecule is CCOC(=O)Cc1ccc(Cc2ccccc2)n1C. The van der Waals surface area contributed by atoms with E-state index >= 15 is 0 Å². The summed E-state index contributed by atoms with van der Waals surface area (Å²) in [5.74, 6) is -0.171. The number of ether oxygens (including phenoxy) is 1. The molecule has 1 aromatic heterocycles. The van der Waals surface area contributed by atoms with E-state index < -0.39 is 0 Å². The quantitative estimate of drug-likeness (QED) is 0.771. The Morgan fingerprint density at radius 2 is 1.79 bits per heavy atom. The summed E-state index contributed by atoms with van der Waals surface area (Å²) in [6, 6.07) is 14.4. The summed E-state index contributed by atoms with van der Waals surface area (Å²) in [5, 5.41) is 0. The van der Waals surface area contributed by atoms with E-state index in [0.29, 0.717) is 13.0 Å². The van der Waals surface area contributed by atoms with Crippen LogP contribution in [0, 0.1) is 0 Å². The molecule has 1 aromatic carbocycles. The van der Waals surface area contributed by atoms with Crippen LogP contribution in [0.3, 0.4) is 0 Å². The number of hydrogen-bond acceptors (Lipinski definition) is 2. The number of benzene rings is 1. The van der Waals surface area contributed by atoms with E-state index in [9.17, 15) is 4.79 Å². The van der Waals surface area contributed by atoms with E-state index in [1.807, 2.05) is 38.2 Å². The molecule has 2 rings (SSSR count). The lowest BCUT2D eigenvalue weighted by molar-refractivity contribution is -0.142. The van der Waals surface area contributed by atoms with Gasteiger partial charge in [-0.25, -0.2) is 0 Å². The molecule has 0 N–H and O–H groups in total. The molecule has 3 nitrogen and oxygen atoms in total. The van der Waals surface area contributed by atoms with Gasteiger partial charge in [0.1, 0.15) is 0 Å². The van der Waals surface area contributed by atoms with Crippen LogP contribution in [0.1, 0.15) is 23.9 Å². The van der Waals surface area contributed by atoms with Crippen molar-refractivity contribution in [1.29, 1.82) is 0 Å². The van der Waals surface area contributed by atoms with Crippen LogP contribution < -0.4 is 0 Å². The Kier molecular flexibility index (Phi) is 4.39. The maximum absolute atomic E-state index is 11.5. The molecule has 0 amide bonds. The van der Waals surface area contributed by atoms with E-state index in [4.69, 9.17) is 4.74 Å². The number of hydrogen-bond donors (Lipinski definition) is 0. The largest absolute Gasteiger partial charge is 0.466 e. The average molecular weight is 257 g/mol. The zero-order valence-corrected chi connectivity index (χ0v) is 11.4. The highest BCUT2D eigenvalue weighted by Gasteiger charge is 2.10. The highest BCUT2D eigenvalue weighted by atomic mass is 16.5. The second-order valence-corrected chi connectivity index (χ2v) is 4.52. The molecule has 0 unspecified atom stereocenters. The molecule has 0 atom stereocenters. The Balaban J connectivity index is 2.08. The Morgan fingerprint density at radius 1 is 1.11 bits per heavy atom. The van der Waals surface area contributed by atoms with Crippen molar-refractivity contribution in [2.24, 2.45) is 7.05 Å². The summed E-state index contributed by atoms with van der Waals surface area (Å²) in [7, 11) is 1.99. The van der Waals surface area contributed by atoms with Crippen LogP contribution in [0.15, 0.2) is 42.5 Å². The fraction of sp³-hybridized carbons (Fsp3) is 0.312. The summed E-state index contributed by atoms with van der Waals surface area (Å²) >= 11 is 0. The number of esters is 1. The minimum Gasteiger partial charge on any atom is -0.466 e. The van der Waals surface area contributed by atoms with Gasteiger partial charge in [-0.15, -0.1) is 0 Å². The molecular weight excluding hydrogens is 238 g/mol. The standard InChI is InChI=1S/C16H19NO2/c1-3-19-16(18)12-15-10-9-14(17(15)2)11-13-7-5-4-6-8-13/h4-10H,3,11-12H2,1-2H3. The Hall–Kier alpha value is -2.03. The average Bonchev–Trinajstić information content (AvgIpc) is 2.73. The van der Waals surface area contributed by atoms with Gasteiger partial charge in [0, 0.05) is 24.9 Å². The molecule has 0 aliphatic heterocycles. The maximum atomic E-state index is 11.5. The van der Waals surface area contributed by atoms with Gasteiger partial charge in [-0.3, -0.25) is 4.79 Å². The Bertz CT molecular complexity index is 543. The molecule has 2 aromatic rings. The minimum atomic E-state index is -0.171. The first kappa shape index (κ1) is 13.4. The van der Waals surface area contributed by atoms with Crippen LogP contribution in [0.4, 0.5) is 0 Å². The maximum Gasteiger partial charge on any atom is 0.311 e. The van der Waals surface area contributed by atoms with Gasteiger partial charge in [0.15, 0.2) is 0 Å². The van der Waals surface area contributed by atoms with Gasteiger partial charge in [-0.05, 0) is 24.6 Å². The van der Waals surface area contributed by atoms with E-state index in [1.54, 1.807) is 0 Å². The van der Waals surface area contributed by atoms with Crippen LogP contribution in [0.25, 0.3) is 0 Å². The number of rotatable bonds is 5. The molecule has 100 valence electrons. The Labute approximate surface area is 113 Å². The van der Waals surface area contributed by atoms with Crippen LogP contribution in [0.2, 0.25) is 0 Å². The molecule has 0 radical (unpaired) electrons. The van der Waals surface area contributed by atoms with Crippen LogP contribution in [-0.2, 0) is 29.4 Å². The summed E-state index contributed by atoms with van der Waals surface area (Å²) in [6.07, 6.45) is 1.21. The monoisotopic (exact) mass is 257 g/mol. The van der Waals surface area contributed by atoms with Crippen LogP contribution >= 0.6 is 0 Å². The van der Waals surface area contributed by atoms with Crippen molar-refractivity contribution >= 4 is 5.97 Å². The fourth-order valence-electron chi connectivity index (χ4n) is 2.12. The van der Waals surface area contributed by atoms with Gasteiger partial charge in [0.2, 0.25) is 0 Å². The summed E-state index contributed by atoms with van der Waals surface area (Å²) < 4.78 is 7.05. The van der Waals surface area contributed by atoms with Crippen molar-refractivity contribution in [1.82, 2.24) is 4.57 Å². The van der Waals surface area contributed by atoms with Crippen molar-refractivity contribution in [2.75, 3.05) is 6.61 Å². The first-order chi connectivity index (χ1) is 9.20. The van der Waals surface area contributed by atoms with Gasteiger partial charge in [-0.2, -0.15) is 0 Å². The van der Waals surface area contributed by atoms with Gasteiger partial charge in [0.25, 0.3) is 0 Å².